The molecule has 4 rings (SSSR count). The van der Waals surface area contributed by atoms with Gasteiger partial charge in [0.2, 0.25) is 5.91 Å². The number of rotatable bonds is 5. The third-order valence-corrected chi connectivity index (χ3v) is 7.25. The maximum Gasteiger partial charge on any atom is 0.262 e. The Morgan fingerprint density at radius 2 is 1.71 bits per heavy atom. The van der Waals surface area contributed by atoms with Crippen LogP contribution in [0, 0.1) is 13.8 Å². The molecule has 7 nitrogen and oxygen atoms in total. The average Bonchev–Trinajstić information content (AvgIpc) is 3.18. The van der Waals surface area contributed by atoms with Gasteiger partial charge in [-0.25, -0.2) is 0 Å². The molecule has 2 heterocycles. The van der Waals surface area contributed by atoms with E-state index < -0.39 is 5.25 Å². The molecule has 0 aliphatic carbocycles. The first kappa shape index (κ1) is 24.0. The Labute approximate surface area is 204 Å². The van der Waals surface area contributed by atoms with E-state index in [1.807, 2.05) is 26.0 Å². The van der Waals surface area contributed by atoms with Crippen molar-refractivity contribution in [3.63, 3.8) is 0 Å². The van der Waals surface area contributed by atoms with Gasteiger partial charge in [0, 0.05) is 43.5 Å². The van der Waals surface area contributed by atoms with Crippen molar-refractivity contribution < 1.29 is 14.4 Å². The van der Waals surface area contributed by atoms with Crippen molar-refractivity contribution in [3.05, 3.63) is 59.2 Å². The fourth-order valence-electron chi connectivity index (χ4n) is 4.26. The molecule has 0 saturated carbocycles. The molecule has 0 aromatic heterocycles. The number of aryl methyl sites for hydroxylation is 2. The fourth-order valence-corrected chi connectivity index (χ4v) is 5.38. The minimum atomic E-state index is -0.482. The molecule has 0 radical (unpaired) electrons. The molecule has 1 N–H and O–H groups in total. The van der Waals surface area contributed by atoms with Gasteiger partial charge in [0.1, 0.15) is 5.25 Å². The van der Waals surface area contributed by atoms with Crippen LogP contribution in [0.3, 0.4) is 0 Å². The summed E-state index contributed by atoms with van der Waals surface area (Å²) < 4.78 is 0. The van der Waals surface area contributed by atoms with E-state index in [1.54, 1.807) is 36.2 Å². The van der Waals surface area contributed by atoms with Crippen LogP contribution in [0.1, 0.15) is 47.2 Å². The molecule has 8 heteroatoms. The molecule has 0 spiro atoms. The molecule has 2 aliphatic rings. The van der Waals surface area contributed by atoms with Gasteiger partial charge in [-0.1, -0.05) is 17.8 Å². The first-order valence-corrected chi connectivity index (χ1v) is 12.5. The van der Waals surface area contributed by atoms with E-state index in [0.29, 0.717) is 11.3 Å². The van der Waals surface area contributed by atoms with Crippen LogP contribution in [0.5, 0.6) is 0 Å². The van der Waals surface area contributed by atoms with Crippen molar-refractivity contribution in [3.8, 4) is 0 Å². The van der Waals surface area contributed by atoms with Crippen molar-refractivity contribution in [1.29, 1.82) is 0 Å². The minimum Gasteiger partial charge on any atom is -0.351 e. The molecule has 2 aromatic rings. The Hall–Kier alpha value is -3.13. The quantitative estimate of drug-likeness (QED) is 0.689. The summed E-state index contributed by atoms with van der Waals surface area (Å²) in [6.45, 7) is 5.85. The second-order valence-corrected chi connectivity index (χ2v) is 10.1. The second kappa shape index (κ2) is 10.4. The lowest BCUT2D eigenvalue weighted by Gasteiger charge is -2.27. The van der Waals surface area contributed by atoms with Crippen LogP contribution in [0.2, 0.25) is 0 Å². The van der Waals surface area contributed by atoms with Crippen molar-refractivity contribution >= 4 is 46.0 Å². The zero-order valence-electron chi connectivity index (χ0n) is 19.8. The normalized spacial score (nSPS) is 18.0. The van der Waals surface area contributed by atoms with Gasteiger partial charge in [-0.2, -0.15) is 4.99 Å². The summed E-state index contributed by atoms with van der Waals surface area (Å²) in [4.78, 5) is 45.7. The molecule has 34 heavy (non-hydrogen) atoms. The van der Waals surface area contributed by atoms with E-state index in [2.05, 4.69) is 21.3 Å². The number of carbonyl (C=O) groups is 3. The third kappa shape index (κ3) is 5.67. The topological polar surface area (TPSA) is 82.1 Å². The highest BCUT2D eigenvalue weighted by molar-refractivity contribution is 8.15. The molecular formula is C26H30N4O3S. The minimum absolute atomic E-state index is 0.0699. The number of carbonyl (C=O) groups excluding carboxylic acids is 3. The highest BCUT2D eigenvalue weighted by Gasteiger charge is 2.33. The molecule has 1 fully saturated rings. The lowest BCUT2D eigenvalue weighted by molar-refractivity contribution is -0.121. The predicted molar refractivity (Wildman–Crippen MR) is 138 cm³/mol. The molecule has 1 saturated heterocycles. The molecule has 2 aromatic carbocycles. The van der Waals surface area contributed by atoms with E-state index in [0.717, 1.165) is 47.9 Å². The molecule has 0 bridgehead atoms. The Balaban J connectivity index is 1.32. The van der Waals surface area contributed by atoms with Gasteiger partial charge in [0.25, 0.3) is 11.8 Å². The number of benzene rings is 2. The maximum absolute atomic E-state index is 12.9. The number of hydrogen-bond donors (Lipinski definition) is 1. The number of aliphatic imine (C=N–C) groups is 1. The van der Waals surface area contributed by atoms with Gasteiger partial charge < -0.3 is 15.1 Å². The van der Waals surface area contributed by atoms with Crippen molar-refractivity contribution in [2.75, 3.05) is 30.4 Å². The number of thioether (sulfide) groups is 1. The zero-order valence-corrected chi connectivity index (χ0v) is 20.7. The largest absolute Gasteiger partial charge is 0.351 e. The van der Waals surface area contributed by atoms with Gasteiger partial charge in [0.05, 0.1) is 0 Å². The number of likely N-dealkylation sites (tertiary alicyclic amines) is 1. The summed E-state index contributed by atoms with van der Waals surface area (Å²) in [7, 11) is 1.75. The third-order valence-electron chi connectivity index (χ3n) is 6.04. The van der Waals surface area contributed by atoms with Crippen LogP contribution in [0.25, 0.3) is 0 Å². The number of nitrogens with zero attached hydrogens (tertiary/aromatic N) is 3. The molecule has 3 amide bonds. The first-order chi connectivity index (χ1) is 16.3. The molecule has 2 aliphatic heterocycles. The summed E-state index contributed by atoms with van der Waals surface area (Å²) in [5.41, 5.74) is 4.15. The molecule has 1 atom stereocenters. The van der Waals surface area contributed by atoms with Crippen LogP contribution in [-0.4, -0.2) is 53.2 Å². The lowest BCUT2D eigenvalue weighted by atomic mass is 10.1. The first-order valence-electron chi connectivity index (χ1n) is 11.6. The van der Waals surface area contributed by atoms with E-state index in [1.165, 1.54) is 18.2 Å². The van der Waals surface area contributed by atoms with Crippen LogP contribution >= 0.6 is 11.8 Å². The number of hydrogen-bond acceptors (Lipinski definition) is 5. The van der Waals surface area contributed by atoms with Gasteiger partial charge in [-0.05, 0) is 80.6 Å². The Morgan fingerprint density at radius 3 is 2.35 bits per heavy atom. The second-order valence-electron chi connectivity index (χ2n) is 8.93. The monoisotopic (exact) mass is 478 g/mol. The number of anilines is 2. The standard InChI is InChI=1S/C26H30N4O3S/c1-17-13-18(2)15-21(14-17)29(3)25(33)19-7-9-20(10-8-19)27-23(31)16-22-24(32)28-26(34-22)30-11-5-4-6-12-30/h7-10,13-15,22H,4-6,11-12,16H2,1-3H3,(H,27,31). The van der Waals surface area contributed by atoms with Crippen LogP contribution in [0.4, 0.5) is 11.4 Å². The van der Waals surface area contributed by atoms with Crippen LogP contribution < -0.4 is 10.2 Å². The highest BCUT2D eigenvalue weighted by atomic mass is 32.2. The smallest absolute Gasteiger partial charge is 0.262 e. The molecular weight excluding hydrogens is 448 g/mol. The van der Waals surface area contributed by atoms with Gasteiger partial charge in [0.15, 0.2) is 5.17 Å². The van der Waals surface area contributed by atoms with Gasteiger partial charge >= 0.3 is 0 Å². The van der Waals surface area contributed by atoms with E-state index in [-0.39, 0.29) is 24.1 Å². The molecule has 1 unspecified atom stereocenters. The van der Waals surface area contributed by atoms with E-state index >= 15 is 0 Å². The van der Waals surface area contributed by atoms with Gasteiger partial charge in [-0.3, -0.25) is 14.4 Å². The number of piperidine rings is 1. The number of amidine groups is 1. The highest BCUT2D eigenvalue weighted by Crippen LogP contribution is 2.29. The summed E-state index contributed by atoms with van der Waals surface area (Å²) in [5, 5.41) is 3.10. The fraction of sp³-hybridized carbons (Fsp3) is 0.385. The predicted octanol–water partition coefficient (Wildman–Crippen LogP) is 4.39. The zero-order chi connectivity index (χ0) is 24.2. The average molecular weight is 479 g/mol. The number of nitrogens with one attached hydrogen (secondary N) is 1. The van der Waals surface area contributed by atoms with Gasteiger partial charge in [-0.15, -0.1) is 0 Å². The number of amides is 3. The van der Waals surface area contributed by atoms with Crippen LogP contribution in [0.15, 0.2) is 47.5 Å². The Bertz CT molecular complexity index is 1100. The SMILES string of the molecule is Cc1cc(C)cc(N(C)C(=O)c2ccc(NC(=O)CC3SC(N4CCCCC4)=NC3=O)cc2)c1. The maximum atomic E-state index is 12.9. The summed E-state index contributed by atoms with van der Waals surface area (Å²) in [6, 6.07) is 12.8. The van der Waals surface area contributed by atoms with Crippen molar-refractivity contribution in [2.45, 2.75) is 44.8 Å². The Kier molecular flexibility index (Phi) is 7.36. The van der Waals surface area contributed by atoms with E-state index in [4.69, 9.17) is 0 Å². The Morgan fingerprint density at radius 1 is 1.06 bits per heavy atom. The summed E-state index contributed by atoms with van der Waals surface area (Å²) in [6.07, 6.45) is 3.50. The van der Waals surface area contributed by atoms with Crippen molar-refractivity contribution in [2.24, 2.45) is 4.99 Å². The lowest BCUT2D eigenvalue weighted by Crippen LogP contribution is -2.33. The molecule has 178 valence electrons. The van der Waals surface area contributed by atoms with Crippen LogP contribution in [-0.2, 0) is 9.59 Å². The van der Waals surface area contributed by atoms with E-state index in [9.17, 15) is 14.4 Å². The summed E-state index contributed by atoms with van der Waals surface area (Å²) >= 11 is 1.39. The summed E-state index contributed by atoms with van der Waals surface area (Å²) in [5.74, 6) is -0.610. The van der Waals surface area contributed by atoms with Crippen molar-refractivity contribution in [1.82, 2.24) is 4.90 Å².